The zero-order chi connectivity index (χ0) is 19.8. The van der Waals surface area contributed by atoms with E-state index in [0.29, 0.717) is 10.8 Å². The van der Waals surface area contributed by atoms with Crippen LogP contribution >= 0.6 is 11.6 Å². The first-order valence-corrected chi connectivity index (χ1v) is 12.0. The maximum atomic E-state index is 11.7. The standard InChI is InChI=1S/C24H37ClN2O/c1-15-19-7-8-21-18-6-5-16-13-17(27(4)22(25)28)9-11-23(16,2)20(18)10-12-24(19,21)14-26(15)3/h5,15,17-21H,6-14H2,1-4H3. The van der Waals surface area contributed by atoms with Crippen LogP contribution in [0.3, 0.4) is 0 Å². The summed E-state index contributed by atoms with van der Waals surface area (Å²) in [6.45, 7) is 6.37. The Morgan fingerprint density at radius 2 is 1.93 bits per heavy atom. The van der Waals surface area contributed by atoms with E-state index in [0.717, 1.165) is 42.6 Å². The van der Waals surface area contributed by atoms with E-state index >= 15 is 0 Å². The lowest BCUT2D eigenvalue weighted by molar-refractivity contribution is -0.0424. The molecule has 1 spiro atoms. The van der Waals surface area contributed by atoms with Gasteiger partial charge in [-0.2, -0.15) is 0 Å². The molecule has 0 radical (unpaired) electrons. The minimum absolute atomic E-state index is 0.288. The van der Waals surface area contributed by atoms with E-state index in [-0.39, 0.29) is 11.4 Å². The van der Waals surface area contributed by atoms with Crippen molar-refractivity contribution in [3.8, 4) is 0 Å². The van der Waals surface area contributed by atoms with Crippen LogP contribution in [0.15, 0.2) is 11.6 Å². The van der Waals surface area contributed by atoms with E-state index in [2.05, 4.69) is 31.9 Å². The van der Waals surface area contributed by atoms with Crippen molar-refractivity contribution in [3.05, 3.63) is 11.6 Å². The second kappa shape index (κ2) is 6.48. The van der Waals surface area contributed by atoms with Crippen LogP contribution in [-0.4, -0.2) is 47.9 Å². The van der Waals surface area contributed by atoms with Crippen molar-refractivity contribution in [2.75, 3.05) is 20.6 Å². The van der Waals surface area contributed by atoms with E-state index in [9.17, 15) is 4.79 Å². The monoisotopic (exact) mass is 404 g/mol. The fourth-order valence-corrected chi connectivity index (χ4v) is 9.06. The predicted molar refractivity (Wildman–Crippen MR) is 114 cm³/mol. The summed E-state index contributed by atoms with van der Waals surface area (Å²) in [6, 6.07) is 1.06. The molecule has 1 heterocycles. The SMILES string of the molecule is CC1C2CCC3C4CC=C5CC(N(C)C(=O)Cl)CCC5(C)C4CCC32CN1C. The van der Waals surface area contributed by atoms with Crippen LogP contribution in [-0.2, 0) is 0 Å². The molecule has 0 aromatic rings. The van der Waals surface area contributed by atoms with E-state index in [1.165, 1.54) is 45.1 Å². The Bertz CT molecular complexity index is 707. The molecule has 5 aliphatic rings. The van der Waals surface area contributed by atoms with Crippen LogP contribution in [0.4, 0.5) is 4.79 Å². The summed E-state index contributed by atoms with van der Waals surface area (Å²) in [5.74, 6) is 3.60. The summed E-state index contributed by atoms with van der Waals surface area (Å²) in [7, 11) is 4.23. The Hall–Kier alpha value is -0.540. The largest absolute Gasteiger partial charge is 0.329 e. The molecule has 156 valence electrons. The number of rotatable bonds is 1. The minimum atomic E-state index is -0.307. The van der Waals surface area contributed by atoms with Gasteiger partial charge in [-0.3, -0.25) is 4.79 Å². The quantitative estimate of drug-likeness (QED) is 0.325. The van der Waals surface area contributed by atoms with Gasteiger partial charge in [0.1, 0.15) is 0 Å². The topological polar surface area (TPSA) is 23.6 Å². The normalized spacial score (nSPS) is 50.2. The number of carbonyl (C=O) groups excluding carboxylic acids is 1. The number of amides is 1. The van der Waals surface area contributed by atoms with Crippen molar-refractivity contribution in [3.63, 3.8) is 0 Å². The lowest BCUT2D eigenvalue weighted by Gasteiger charge is -2.58. The van der Waals surface area contributed by atoms with Gasteiger partial charge in [-0.1, -0.05) is 18.6 Å². The number of fused-ring (bicyclic) bond motifs is 4. The number of likely N-dealkylation sites (tertiary alicyclic amines) is 1. The fraction of sp³-hybridized carbons (Fsp3) is 0.875. The number of halogens is 1. The van der Waals surface area contributed by atoms with Gasteiger partial charge in [-0.15, -0.1) is 0 Å². The van der Waals surface area contributed by atoms with Crippen molar-refractivity contribution >= 4 is 17.0 Å². The van der Waals surface area contributed by atoms with Crippen LogP contribution in [0.25, 0.3) is 0 Å². The van der Waals surface area contributed by atoms with Crippen molar-refractivity contribution in [2.24, 2.45) is 34.5 Å². The van der Waals surface area contributed by atoms with Gasteiger partial charge >= 0.3 is 5.37 Å². The first kappa shape index (κ1) is 19.4. The molecule has 0 N–H and O–H groups in total. The predicted octanol–water partition coefficient (Wildman–Crippen LogP) is 5.54. The Labute approximate surface area is 175 Å². The Kier molecular flexibility index (Phi) is 4.49. The molecule has 0 aromatic heterocycles. The fourth-order valence-electron chi connectivity index (χ4n) is 8.92. The van der Waals surface area contributed by atoms with Crippen LogP contribution in [0.1, 0.15) is 65.2 Å². The highest BCUT2D eigenvalue weighted by molar-refractivity contribution is 6.62. The van der Waals surface area contributed by atoms with Crippen molar-refractivity contribution in [2.45, 2.75) is 77.3 Å². The zero-order valence-electron chi connectivity index (χ0n) is 18.1. The molecule has 8 unspecified atom stereocenters. The lowest BCUT2D eigenvalue weighted by Crippen LogP contribution is -2.52. The molecule has 4 aliphatic carbocycles. The molecule has 1 saturated heterocycles. The molecule has 1 aliphatic heterocycles. The second-order valence-electron chi connectivity index (χ2n) is 11.1. The summed E-state index contributed by atoms with van der Waals surface area (Å²) >= 11 is 5.78. The molecule has 8 atom stereocenters. The van der Waals surface area contributed by atoms with E-state index in [1.807, 2.05) is 7.05 Å². The summed E-state index contributed by atoms with van der Waals surface area (Å²) in [4.78, 5) is 16.1. The third-order valence-electron chi connectivity index (χ3n) is 10.5. The molecule has 3 saturated carbocycles. The molecular formula is C24H37ClN2O. The average molecular weight is 405 g/mol. The number of hydrogen-bond acceptors (Lipinski definition) is 2. The first-order chi connectivity index (χ1) is 13.3. The first-order valence-electron chi connectivity index (χ1n) is 11.6. The van der Waals surface area contributed by atoms with Gasteiger partial charge in [0.2, 0.25) is 0 Å². The molecular weight excluding hydrogens is 368 g/mol. The Morgan fingerprint density at radius 3 is 2.68 bits per heavy atom. The van der Waals surface area contributed by atoms with Gasteiger partial charge in [0, 0.05) is 25.7 Å². The van der Waals surface area contributed by atoms with Gasteiger partial charge in [0.05, 0.1) is 0 Å². The smallest absolute Gasteiger partial charge is 0.316 e. The minimum Gasteiger partial charge on any atom is -0.329 e. The Morgan fingerprint density at radius 1 is 1.18 bits per heavy atom. The highest BCUT2D eigenvalue weighted by Crippen LogP contribution is 2.68. The van der Waals surface area contributed by atoms with E-state index in [1.54, 1.807) is 10.5 Å². The second-order valence-corrected chi connectivity index (χ2v) is 11.5. The molecule has 0 aromatic carbocycles. The average Bonchev–Trinajstić information content (AvgIpc) is 3.14. The molecule has 3 nitrogen and oxygen atoms in total. The molecule has 28 heavy (non-hydrogen) atoms. The number of carbonyl (C=O) groups is 1. The number of allylic oxidation sites excluding steroid dienone is 1. The summed E-state index contributed by atoms with van der Waals surface area (Å²) in [5.41, 5.74) is 2.60. The van der Waals surface area contributed by atoms with Gasteiger partial charge in [0.25, 0.3) is 0 Å². The maximum Gasteiger partial charge on any atom is 0.316 e. The van der Waals surface area contributed by atoms with Crippen molar-refractivity contribution in [1.82, 2.24) is 9.80 Å². The summed E-state index contributed by atoms with van der Waals surface area (Å²) in [5, 5.41) is -0.307. The highest BCUT2D eigenvalue weighted by Gasteiger charge is 2.64. The molecule has 0 bridgehead atoms. The maximum absolute atomic E-state index is 11.7. The van der Waals surface area contributed by atoms with Crippen molar-refractivity contribution < 1.29 is 4.79 Å². The highest BCUT2D eigenvalue weighted by atomic mass is 35.5. The zero-order valence-corrected chi connectivity index (χ0v) is 18.8. The van der Waals surface area contributed by atoms with Crippen LogP contribution < -0.4 is 0 Å². The third kappa shape index (κ3) is 2.47. The van der Waals surface area contributed by atoms with Gasteiger partial charge < -0.3 is 9.80 Å². The van der Waals surface area contributed by atoms with Crippen LogP contribution in [0, 0.1) is 34.5 Å². The van der Waals surface area contributed by atoms with Gasteiger partial charge in [-0.05, 0) is 111 Å². The van der Waals surface area contributed by atoms with E-state index < -0.39 is 0 Å². The van der Waals surface area contributed by atoms with Crippen LogP contribution in [0.2, 0.25) is 0 Å². The van der Waals surface area contributed by atoms with E-state index in [4.69, 9.17) is 11.6 Å². The number of nitrogens with zero attached hydrogens (tertiary/aromatic N) is 2. The summed E-state index contributed by atoms with van der Waals surface area (Å²) < 4.78 is 0. The Balaban J connectivity index is 1.42. The molecule has 4 fully saturated rings. The third-order valence-corrected chi connectivity index (χ3v) is 10.8. The lowest BCUT2D eigenvalue weighted by atomic mass is 9.47. The van der Waals surface area contributed by atoms with Gasteiger partial charge in [0.15, 0.2) is 0 Å². The number of hydrogen-bond donors (Lipinski definition) is 0. The molecule has 4 heteroatoms. The van der Waals surface area contributed by atoms with Crippen molar-refractivity contribution in [1.29, 1.82) is 0 Å². The van der Waals surface area contributed by atoms with Gasteiger partial charge in [-0.25, -0.2) is 0 Å². The summed E-state index contributed by atoms with van der Waals surface area (Å²) in [6.07, 6.45) is 13.0. The van der Waals surface area contributed by atoms with Crippen LogP contribution in [0.5, 0.6) is 0 Å². The molecule has 5 rings (SSSR count). The molecule has 1 amide bonds.